The second-order valence-corrected chi connectivity index (χ2v) is 6.28. The first-order valence-electron chi connectivity index (χ1n) is 6.22. The van der Waals surface area contributed by atoms with E-state index in [1.807, 2.05) is 13.8 Å². The number of rotatable bonds is 1. The van der Waals surface area contributed by atoms with Gasteiger partial charge in [0, 0.05) is 0 Å². The van der Waals surface area contributed by atoms with Crippen molar-refractivity contribution in [1.29, 1.82) is 0 Å². The number of benzene rings is 1. The highest BCUT2D eigenvalue weighted by Gasteiger charge is 2.44. The van der Waals surface area contributed by atoms with Crippen molar-refractivity contribution in [3.63, 3.8) is 0 Å². The van der Waals surface area contributed by atoms with Gasteiger partial charge in [0.15, 0.2) is 0 Å². The van der Waals surface area contributed by atoms with E-state index in [9.17, 15) is 13.9 Å². The van der Waals surface area contributed by atoms with Crippen molar-refractivity contribution in [2.45, 2.75) is 38.7 Å². The van der Waals surface area contributed by atoms with Crippen LogP contribution in [0.1, 0.15) is 38.7 Å². The number of hydrogen-bond donors (Lipinski definition) is 1. The third-order valence-corrected chi connectivity index (χ3v) is 4.66. The van der Waals surface area contributed by atoms with E-state index in [0.29, 0.717) is 6.42 Å². The zero-order valence-corrected chi connectivity index (χ0v) is 12.1. The fourth-order valence-electron chi connectivity index (χ4n) is 2.88. The predicted octanol–water partition coefficient (Wildman–Crippen LogP) is 4.37. The molecule has 1 aromatic carbocycles. The summed E-state index contributed by atoms with van der Waals surface area (Å²) in [4.78, 5) is 0. The second-order valence-electron chi connectivity index (χ2n) is 5.43. The first-order valence-corrected chi connectivity index (χ1v) is 7.02. The van der Waals surface area contributed by atoms with Crippen molar-refractivity contribution in [2.75, 3.05) is 0 Å². The molecule has 1 N–H and O–H groups in total. The van der Waals surface area contributed by atoms with Gasteiger partial charge in [-0.05, 0) is 52.7 Å². The third kappa shape index (κ3) is 2.21. The molecular weight excluding hydrogens is 302 g/mol. The Bertz CT molecular complexity index is 463. The molecule has 0 amide bonds. The average molecular weight is 319 g/mol. The fraction of sp³-hybridized carbons (Fsp3) is 0.571. The van der Waals surface area contributed by atoms with E-state index in [-0.39, 0.29) is 21.9 Å². The minimum absolute atomic E-state index is 0.146. The molecule has 3 unspecified atom stereocenters. The molecular formula is C14H17BrF2O. The molecule has 0 heterocycles. The number of hydrogen-bond acceptors (Lipinski definition) is 1. The van der Waals surface area contributed by atoms with Crippen LogP contribution < -0.4 is 0 Å². The van der Waals surface area contributed by atoms with Crippen molar-refractivity contribution < 1.29 is 13.9 Å². The van der Waals surface area contributed by atoms with Crippen LogP contribution >= 0.6 is 15.9 Å². The molecule has 0 bridgehead atoms. The van der Waals surface area contributed by atoms with Crippen LogP contribution in [0.4, 0.5) is 8.78 Å². The Labute approximate surface area is 114 Å². The predicted molar refractivity (Wildman–Crippen MR) is 70.1 cm³/mol. The summed E-state index contributed by atoms with van der Waals surface area (Å²) in [6.45, 7) is 3.86. The maximum Gasteiger partial charge on any atom is 0.146 e. The molecule has 1 fully saturated rings. The second kappa shape index (κ2) is 4.89. The van der Waals surface area contributed by atoms with E-state index < -0.39 is 17.2 Å². The maximum absolute atomic E-state index is 14.1. The molecule has 0 saturated heterocycles. The van der Waals surface area contributed by atoms with Crippen LogP contribution in [0.5, 0.6) is 0 Å². The van der Waals surface area contributed by atoms with Crippen molar-refractivity contribution in [3.05, 3.63) is 33.8 Å². The van der Waals surface area contributed by atoms with Gasteiger partial charge in [0.05, 0.1) is 15.6 Å². The molecule has 1 saturated carbocycles. The monoisotopic (exact) mass is 318 g/mol. The molecule has 3 atom stereocenters. The van der Waals surface area contributed by atoms with Gasteiger partial charge in [-0.25, -0.2) is 8.78 Å². The summed E-state index contributed by atoms with van der Waals surface area (Å²) in [5.41, 5.74) is -1.59. The van der Waals surface area contributed by atoms with Crippen molar-refractivity contribution in [1.82, 2.24) is 0 Å². The first-order chi connectivity index (χ1) is 8.36. The molecule has 1 aliphatic rings. The van der Waals surface area contributed by atoms with Crippen LogP contribution in [0.25, 0.3) is 0 Å². The molecule has 0 spiro atoms. The SMILES string of the molecule is CC1CCC(C)C(O)(c2c(F)ccc(Br)c2F)C1. The topological polar surface area (TPSA) is 20.2 Å². The van der Waals surface area contributed by atoms with Crippen molar-refractivity contribution >= 4 is 15.9 Å². The van der Waals surface area contributed by atoms with Gasteiger partial charge in [0.25, 0.3) is 0 Å². The maximum atomic E-state index is 14.1. The zero-order valence-electron chi connectivity index (χ0n) is 10.5. The van der Waals surface area contributed by atoms with Gasteiger partial charge in [-0.1, -0.05) is 20.3 Å². The van der Waals surface area contributed by atoms with Crippen molar-refractivity contribution in [2.24, 2.45) is 11.8 Å². The van der Waals surface area contributed by atoms with Gasteiger partial charge in [0.1, 0.15) is 11.6 Å². The molecule has 0 radical (unpaired) electrons. The molecule has 18 heavy (non-hydrogen) atoms. The van der Waals surface area contributed by atoms with E-state index in [0.717, 1.165) is 12.8 Å². The van der Waals surface area contributed by atoms with Gasteiger partial charge in [-0.2, -0.15) is 0 Å². The minimum atomic E-state index is -1.41. The first kappa shape index (κ1) is 13.9. The lowest BCUT2D eigenvalue weighted by atomic mass is 9.68. The lowest BCUT2D eigenvalue weighted by molar-refractivity contribution is -0.0678. The van der Waals surface area contributed by atoms with Gasteiger partial charge >= 0.3 is 0 Å². The molecule has 4 heteroatoms. The van der Waals surface area contributed by atoms with Gasteiger partial charge in [-0.15, -0.1) is 0 Å². The van der Waals surface area contributed by atoms with Crippen LogP contribution in [-0.2, 0) is 5.60 Å². The Morgan fingerprint density at radius 2 is 1.94 bits per heavy atom. The zero-order chi connectivity index (χ0) is 13.5. The third-order valence-electron chi connectivity index (χ3n) is 4.04. The number of halogens is 3. The Morgan fingerprint density at radius 1 is 1.28 bits per heavy atom. The Morgan fingerprint density at radius 3 is 2.61 bits per heavy atom. The largest absolute Gasteiger partial charge is 0.385 e. The minimum Gasteiger partial charge on any atom is -0.385 e. The normalized spacial score (nSPS) is 32.6. The Kier molecular flexibility index (Phi) is 3.79. The van der Waals surface area contributed by atoms with Gasteiger partial charge in [0.2, 0.25) is 0 Å². The lowest BCUT2D eigenvalue weighted by Crippen LogP contribution is -2.40. The fourth-order valence-corrected chi connectivity index (χ4v) is 3.21. The van der Waals surface area contributed by atoms with E-state index in [4.69, 9.17) is 0 Å². The lowest BCUT2D eigenvalue weighted by Gasteiger charge is -2.41. The van der Waals surface area contributed by atoms with Crippen LogP contribution in [0.2, 0.25) is 0 Å². The Hall–Kier alpha value is -0.480. The summed E-state index contributed by atoms with van der Waals surface area (Å²) < 4.78 is 28.3. The number of aliphatic hydroxyl groups is 1. The van der Waals surface area contributed by atoms with E-state index >= 15 is 0 Å². The van der Waals surface area contributed by atoms with Crippen LogP contribution in [0.3, 0.4) is 0 Å². The average Bonchev–Trinajstić information content (AvgIpc) is 2.30. The standard InChI is InChI=1S/C14H17BrF2O/c1-8-3-4-9(2)14(18,7-8)12-11(16)6-5-10(15)13(12)17/h5-6,8-9,18H,3-4,7H2,1-2H3. The molecule has 1 aromatic rings. The molecule has 100 valence electrons. The molecule has 1 nitrogen and oxygen atoms in total. The smallest absolute Gasteiger partial charge is 0.146 e. The Balaban J connectivity index is 2.55. The molecule has 1 aliphatic carbocycles. The molecule has 2 rings (SSSR count). The van der Waals surface area contributed by atoms with Crippen LogP contribution in [0, 0.1) is 23.5 Å². The summed E-state index contributed by atoms with van der Waals surface area (Å²) in [5.74, 6) is -1.23. The van der Waals surface area contributed by atoms with E-state index in [2.05, 4.69) is 15.9 Å². The molecule has 0 aromatic heterocycles. The summed E-state index contributed by atoms with van der Waals surface area (Å²) in [6.07, 6.45) is 2.17. The summed E-state index contributed by atoms with van der Waals surface area (Å²) >= 11 is 3.05. The van der Waals surface area contributed by atoms with Gasteiger partial charge in [-0.3, -0.25) is 0 Å². The summed E-state index contributed by atoms with van der Waals surface area (Å²) in [6, 6.07) is 2.53. The highest BCUT2D eigenvalue weighted by molar-refractivity contribution is 9.10. The summed E-state index contributed by atoms with van der Waals surface area (Å²) in [5, 5.41) is 10.8. The highest BCUT2D eigenvalue weighted by atomic mass is 79.9. The quantitative estimate of drug-likeness (QED) is 0.762. The van der Waals surface area contributed by atoms with Crippen LogP contribution in [-0.4, -0.2) is 5.11 Å². The van der Waals surface area contributed by atoms with Crippen molar-refractivity contribution in [3.8, 4) is 0 Å². The summed E-state index contributed by atoms with van der Waals surface area (Å²) in [7, 11) is 0. The van der Waals surface area contributed by atoms with Crippen LogP contribution in [0.15, 0.2) is 16.6 Å². The highest BCUT2D eigenvalue weighted by Crippen LogP contribution is 2.46. The van der Waals surface area contributed by atoms with Gasteiger partial charge < -0.3 is 5.11 Å². The van der Waals surface area contributed by atoms with E-state index in [1.165, 1.54) is 12.1 Å². The molecule has 0 aliphatic heterocycles. The van der Waals surface area contributed by atoms with E-state index in [1.54, 1.807) is 0 Å².